The number of carbonyl (C=O) groups is 1. The molecule has 0 atom stereocenters. The van der Waals surface area contributed by atoms with Gasteiger partial charge in [0.1, 0.15) is 0 Å². The maximum absolute atomic E-state index is 12.0. The Bertz CT molecular complexity index is 826. The maximum Gasteiger partial charge on any atom is 0.230 e. The molecule has 2 aromatic heterocycles. The number of carbonyl (C=O) groups excluding carboxylic acids is 1. The largest absolute Gasteiger partial charge is 0.351 e. The van der Waals surface area contributed by atoms with Gasteiger partial charge in [0.15, 0.2) is 11.0 Å². The minimum Gasteiger partial charge on any atom is -0.351 e. The summed E-state index contributed by atoms with van der Waals surface area (Å²) in [5.41, 5.74) is 2.15. The molecule has 124 valence electrons. The van der Waals surface area contributed by atoms with Gasteiger partial charge in [-0.3, -0.25) is 4.79 Å². The highest BCUT2D eigenvalue weighted by molar-refractivity contribution is 7.99. The summed E-state index contributed by atoms with van der Waals surface area (Å²) in [6, 6.07) is 12.0. The van der Waals surface area contributed by atoms with Crippen molar-refractivity contribution in [3.8, 4) is 11.4 Å². The summed E-state index contributed by atoms with van der Waals surface area (Å²) >= 11 is 3.08. The van der Waals surface area contributed by atoms with E-state index in [-0.39, 0.29) is 5.91 Å². The van der Waals surface area contributed by atoms with Crippen molar-refractivity contribution in [2.24, 2.45) is 7.05 Å². The van der Waals surface area contributed by atoms with Crippen LogP contribution in [-0.4, -0.2) is 26.4 Å². The third kappa shape index (κ3) is 4.04. The predicted octanol–water partition coefficient (Wildman–Crippen LogP) is 3.26. The summed E-state index contributed by atoms with van der Waals surface area (Å²) in [7, 11) is 1.92. The molecule has 0 saturated heterocycles. The SMILES string of the molecule is Cc1cc(-c2nnc(SCC(=O)NCc3ccccc3)n2C)cs1. The van der Waals surface area contributed by atoms with Crippen LogP contribution in [0, 0.1) is 6.92 Å². The van der Waals surface area contributed by atoms with Gasteiger partial charge in [0.25, 0.3) is 0 Å². The zero-order chi connectivity index (χ0) is 16.9. The summed E-state index contributed by atoms with van der Waals surface area (Å²) in [6.07, 6.45) is 0. The van der Waals surface area contributed by atoms with Crippen molar-refractivity contribution in [2.45, 2.75) is 18.6 Å². The van der Waals surface area contributed by atoms with Gasteiger partial charge in [-0.2, -0.15) is 0 Å². The van der Waals surface area contributed by atoms with E-state index in [2.05, 4.69) is 33.9 Å². The molecule has 3 aromatic rings. The first-order chi connectivity index (χ1) is 11.6. The Hall–Kier alpha value is -2.12. The Balaban J connectivity index is 1.55. The first kappa shape index (κ1) is 16.7. The first-order valence-corrected chi connectivity index (χ1v) is 9.38. The van der Waals surface area contributed by atoms with E-state index in [9.17, 15) is 4.79 Å². The lowest BCUT2D eigenvalue weighted by Crippen LogP contribution is -2.24. The van der Waals surface area contributed by atoms with Gasteiger partial charge in [-0.05, 0) is 18.6 Å². The Morgan fingerprint density at radius 2 is 2.08 bits per heavy atom. The van der Waals surface area contributed by atoms with Crippen LogP contribution in [0.3, 0.4) is 0 Å². The van der Waals surface area contributed by atoms with E-state index < -0.39 is 0 Å². The number of hydrogen-bond acceptors (Lipinski definition) is 5. The van der Waals surface area contributed by atoms with Crippen LogP contribution in [0.25, 0.3) is 11.4 Å². The number of aryl methyl sites for hydroxylation is 1. The quantitative estimate of drug-likeness (QED) is 0.687. The van der Waals surface area contributed by atoms with E-state index in [4.69, 9.17) is 0 Å². The molecule has 0 aliphatic heterocycles. The number of thioether (sulfide) groups is 1. The molecule has 1 amide bonds. The third-order valence-electron chi connectivity index (χ3n) is 3.49. The van der Waals surface area contributed by atoms with Gasteiger partial charge in [0.2, 0.25) is 5.91 Å². The zero-order valence-corrected chi connectivity index (χ0v) is 15.2. The second-order valence-corrected chi connectivity index (χ2v) is 7.42. The van der Waals surface area contributed by atoms with Gasteiger partial charge in [0.05, 0.1) is 5.75 Å². The predicted molar refractivity (Wildman–Crippen MR) is 98.1 cm³/mol. The fourth-order valence-corrected chi connectivity index (χ4v) is 3.65. The van der Waals surface area contributed by atoms with E-state index in [1.807, 2.05) is 41.9 Å². The van der Waals surface area contributed by atoms with Crippen LogP contribution in [0.4, 0.5) is 0 Å². The van der Waals surface area contributed by atoms with Crippen LogP contribution in [0.5, 0.6) is 0 Å². The molecule has 0 fully saturated rings. The number of hydrogen-bond donors (Lipinski definition) is 1. The van der Waals surface area contributed by atoms with E-state index >= 15 is 0 Å². The van der Waals surface area contributed by atoms with Gasteiger partial charge in [0, 0.05) is 29.4 Å². The average molecular weight is 358 g/mol. The van der Waals surface area contributed by atoms with E-state index in [1.165, 1.54) is 16.6 Å². The lowest BCUT2D eigenvalue weighted by Gasteiger charge is -2.05. The summed E-state index contributed by atoms with van der Waals surface area (Å²) in [6.45, 7) is 2.61. The summed E-state index contributed by atoms with van der Waals surface area (Å²) < 4.78 is 1.93. The van der Waals surface area contributed by atoms with Crippen molar-refractivity contribution < 1.29 is 4.79 Å². The molecule has 3 rings (SSSR count). The number of thiophene rings is 1. The van der Waals surface area contributed by atoms with Gasteiger partial charge >= 0.3 is 0 Å². The van der Waals surface area contributed by atoms with Crippen molar-refractivity contribution in [3.63, 3.8) is 0 Å². The summed E-state index contributed by atoms with van der Waals surface area (Å²) in [4.78, 5) is 13.2. The van der Waals surface area contributed by atoms with E-state index in [1.54, 1.807) is 11.3 Å². The molecule has 0 unspecified atom stereocenters. The van der Waals surface area contributed by atoms with Crippen molar-refractivity contribution in [1.29, 1.82) is 0 Å². The first-order valence-electron chi connectivity index (χ1n) is 7.52. The molecule has 1 N–H and O–H groups in total. The molecule has 1 aromatic carbocycles. The fourth-order valence-electron chi connectivity index (χ4n) is 2.23. The fraction of sp³-hybridized carbons (Fsp3) is 0.235. The average Bonchev–Trinajstić information content (AvgIpc) is 3.17. The number of rotatable bonds is 6. The number of benzene rings is 1. The van der Waals surface area contributed by atoms with Crippen molar-refractivity contribution in [2.75, 3.05) is 5.75 Å². The molecule has 7 heteroatoms. The molecule has 0 bridgehead atoms. The summed E-state index contributed by atoms with van der Waals surface area (Å²) in [5, 5.41) is 14.2. The lowest BCUT2D eigenvalue weighted by atomic mass is 10.2. The van der Waals surface area contributed by atoms with Gasteiger partial charge in [-0.1, -0.05) is 42.1 Å². The minimum absolute atomic E-state index is 0.0141. The van der Waals surface area contributed by atoms with Crippen molar-refractivity contribution in [3.05, 3.63) is 52.2 Å². The Kier molecular flexibility index (Phi) is 5.32. The zero-order valence-electron chi connectivity index (χ0n) is 13.5. The van der Waals surface area contributed by atoms with E-state index in [0.29, 0.717) is 12.3 Å². The molecule has 2 heterocycles. The molecular weight excluding hydrogens is 340 g/mol. The van der Waals surface area contributed by atoms with Gasteiger partial charge in [-0.15, -0.1) is 21.5 Å². The highest BCUT2D eigenvalue weighted by Gasteiger charge is 2.13. The Morgan fingerprint density at radius 1 is 1.29 bits per heavy atom. The second kappa shape index (κ2) is 7.63. The van der Waals surface area contributed by atoms with Crippen LogP contribution in [0.15, 0.2) is 46.9 Å². The highest BCUT2D eigenvalue weighted by Crippen LogP contribution is 2.26. The topological polar surface area (TPSA) is 59.8 Å². The molecule has 0 spiro atoms. The molecule has 0 aliphatic rings. The van der Waals surface area contributed by atoms with Gasteiger partial charge < -0.3 is 9.88 Å². The standard InChI is InChI=1S/C17H18N4OS2/c1-12-8-14(10-23-12)16-19-20-17(21(16)2)24-11-15(22)18-9-13-6-4-3-5-7-13/h3-8,10H,9,11H2,1-2H3,(H,18,22). The summed E-state index contributed by atoms with van der Waals surface area (Å²) in [5.74, 6) is 1.13. The van der Waals surface area contributed by atoms with Crippen LogP contribution in [-0.2, 0) is 18.4 Å². The van der Waals surface area contributed by atoms with Crippen LogP contribution in [0.2, 0.25) is 0 Å². The number of amides is 1. The third-order valence-corrected chi connectivity index (χ3v) is 5.37. The normalized spacial score (nSPS) is 10.8. The molecule has 24 heavy (non-hydrogen) atoms. The van der Waals surface area contributed by atoms with Crippen molar-refractivity contribution in [1.82, 2.24) is 20.1 Å². The number of aromatic nitrogens is 3. The molecule has 0 aliphatic carbocycles. The Labute approximate surface area is 149 Å². The smallest absolute Gasteiger partial charge is 0.230 e. The van der Waals surface area contributed by atoms with E-state index in [0.717, 1.165) is 22.1 Å². The Morgan fingerprint density at radius 3 is 2.79 bits per heavy atom. The number of nitrogens with zero attached hydrogens (tertiary/aromatic N) is 3. The van der Waals surface area contributed by atoms with Gasteiger partial charge in [-0.25, -0.2) is 0 Å². The lowest BCUT2D eigenvalue weighted by molar-refractivity contribution is -0.118. The second-order valence-electron chi connectivity index (χ2n) is 5.36. The minimum atomic E-state index is -0.0141. The molecule has 5 nitrogen and oxygen atoms in total. The van der Waals surface area contributed by atoms with Crippen LogP contribution in [0.1, 0.15) is 10.4 Å². The number of nitrogens with one attached hydrogen (secondary N) is 1. The monoisotopic (exact) mass is 358 g/mol. The molecular formula is C17H18N4OS2. The van der Waals surface area contributed by atoms with Crippen LogP contribution >= 0.6 is 23.1 Å². The molecule has 0 saturated carbocycles. The maximum atomic E-state index is 12.0. The highest BCUT2D eigenvalue weighted by atomic mass is 32.2. The molecule has 0 radical (unpaired) electrons. The van der Waals surface area contributed by atoms with Crippen LogP contribution < -0.4 is 5.32 Å². The van der Waals surface area contributed by atoms with Crippen molar-refractivity contribution >= 4 is 29.0 Å².